The van der Waals surface area contributed by atoms with Crippen molar-refractivity contribution >= 4 is 33.7 Å². The molecule has 0 amide bonds. The fourth-order valence-corrected chi connectivity index (χ4v) is 2.00. The third kappa shape index (κ3) is 4.33. The van der Waals surface area contributed by atoms with Gasteiger partial charge in [0.15, 0.2) is 0 Å². The molecule has 0 aliphatic rings. The second-order valence-corrected chi connectivity index (χ2v) is 4.62. The highest BCUT2D eigenvalue weighted by Crippen LogP contribution is 2.22. The van der Waals surface area contributed by atoms with Crippen LogP contribution in [0.5, 0.6) is 5.75 Å². The summed E-state index contributed by atoms with van der Waals surface area (Å²) < 4.78 is 5.06. The summed E-state index contributed by atoms with van der Waals surface area (Å²) in [6, 6.07) is 12.0. The van der Waals surface area contributed by atoms with Crippen molar-refractivity contribution < 1.29 is 9.53 Å². The van der Waals surface area contributed by atoms with Crippen LogP contribution in [0.1, 0.15) is 19.4 Å². The molecule has 3 nitrogen and oxygen atoms in total. The summed E-state index contributed by atoms with van der Waals surface area (Å²) in [5.74, 6) is 0.276. The zero-order valence-corrected chi connectivity index (χ0v) is 12.8. The highest BCUT2D eigenvalue weighted by Gasteiger charge is 2.03. The van der Waals surface area contributed by atoms with Crippen molar-refractivity contribution in [3.05, 3.63) is 42.0 Å². The number of benzene rings is 2. The van der Waals surface area contributed by atoms with E-state index in [0.717, 1.165) is 17.2 Å². The third-order valence-corrected chi connectivity index (χ3v) is 2.70. The van der Waals surface area contributed by atoms with E-state index in [4.69, 9.17) is 10.5 Å². The minimum absolute atomic E-state index is 0. The van der Waals surface area contributed by atoms with Crippen molar-refractivity contribution in [3.8, 4) is 5.75 Å². The Morgan fingerprint density at radius 2 is 1.84 bits per heavy atom. The fraction of sp³-hybridized carbons (Fsp3) is 0.267. The Kier molecular flexibility index (Phi) is 5.51. The number of ether oxygens (including phenoxy) is 1. The van der Waals surface area contributed by atoms with Crippen molar-refractivity contribution in [2.24, 2.45) is 5.73 Å². The summed E-state index contributed by atoms with van der Waals surface area (Å²) in [5.41, 5.74) is 7.01. The fourth-order valence-electron chi connectivity index (χ4n) is 2.00. The molecule has 102 valence electrons. The van der Waals surface area contributed by atoms with Gasteiger partial charge in [0.05, 0.1) is 0 Å². The molecular formula is C15H18BrNO2. The molecule has 2 aromatic rings. The number of hydrogen-bond acceptors (Lipinski definition) is 3. The standard InChI is InChI=1S/C15H17NO2.BrH/c1-10(16)7-12-3-4-14-9-15(18-11(2)17)6-5-13(14)8-12;/h3-6,8-10H,7,16H2,1-2H3;1H. The van der Waals surface area contributed by atoms with Gasteiger partial charge < -0.3 is 10.5 Å². The van der Waals surface area contributed by atoms with Crippen molar-refractivity contribution in [3.63, 3.8) is 0 Å². The van der Waals surface area contributed by atoms with E-state index in [0.29, 0.717) is 5.75 Å². The summed E-state index contributed by atoms with van der Waals surface area (Å²) in [4.78, 5) is 10.9. The van der Waals surface area contributed by atoms with Crippen LogP contribution in [-0.2, 0) is 11.2 Å². The number of carbonyl (C=O) groups is 1. The molecule has 0 aromatic heterocycles. The molecule has 0 radical (unpaired) electrons. The molecule has 2 rings (SSSR count). The molecule has 4 heteroatoms. The largest absolute Gasteiger partial charge is 0.427 e. The number of nitrogens with two attached hydrogens (primary N) is 1. The number of rotatable bonds is 3. The van der Waals surface area contributed by atoms with Gasteiger partial charge in [-0.3, -0.25) is 4.79 Å². The molecule has 2 aromatic carbocycles. The van der Waals surface area contributed by atoms with Gasteiger partial charge in [-0.05, 0) is 41.8 Å². The van der Waals surface area contributed by atoms with Gasteiger partial charge in [0.1, 0.15) is 5.75 Å². The van der Waals surface area contributed by atoms with E-state index in [1.165, 1.54) is 12.5 Å². The SMILES string of the molecule is Br.CC(=O)Oc1ccc2cc(CC(C)N)ccc2c1. The monoisotopic (exact) mass is 323 g/mol. The molecular weight excluding hydrogens is 306 g/mol. The molecule has 0 spiro atoms. The first-order valence-electron chi connectivity index (χ1n) is 6.01. The van der Waals surface area contributed by atoms with Crippen LogP contribution in [-0.4, -0.2) is 12.0 Å². The van der Waals surface area contributed by atoms with Crippen LogP contribution in [0, 0.1) is 0 Å². The number of carbonyl (C=O) groups excluding carboxylic acids is 1. The van der Waals surface area contributed by atoms with Gasteiger partial charge in [-0.2, -0.15) is 0 Å². The molecule has 0 saturated carbocycles. The van der Waals surface area contributed by atoms with Crippen LogP contribution in [0.4, 0.5) is 0 Å². The van der Waals surface area contributed by atoms with E-state index >= 15 is 0 Å². The number of fused-ring (bicyclic) bond motifs is 1. The molecule has 1 unspecified atom stereocenters. The van der Waals surface area contributed by atoms with Gasteiger partial charge in [-0.25, -0.2) is 0 Å². The van der Waals surface area contributed by atoms with Gasteiger partial charge in [0, 0.05) is 13.0 Å². The Bertz CT molecular complexity index is 581. The predicted molar refractivity (Wildman–Crippen MR) is 82.9 cm³/mol. The van der Waals surface area contributed by atoms with Crippen LogP contribution < -0.4 is 10.5 Å². The average Bonchev–Trinajstić information content (AvgIpc) is 2.27. The Hall–Kier alpha value is -1.39. The van der Waals surface area contributed by atoms with Gasteiger partial charge >= 0.3 is 5.97 Å². The minimum Gasteiger partial charge on any atom is -0.427 e. The lowest BCUT2D eigenvalue weighted by Gasteiger charge is -2.08. The van der Waals surface area contributed by atoms with Gasteiger partial charge in [0.25, 0.3) is 0 Å². The first kappa shape index (κ1) is 15.7. The second-order valence-electron chi connectivity index (χ2n) is 4.62. The molecule has 0 fully saturated rings. The Balaban J connectivity index is 0.00000180. The highest BCUT2D eigenvalue weighted by atomic mass is 79.9. The zero-order valence-electron chi connectivity index (χ0n) is 11.1. The van der Waals surface area contributed by atoms with Crippen LogP contribution >= 0.6 is 17.0 Å². The number of hydrogen-bond donors (Lipinski definition) is 1. The first-order valence-corrected chi connectivity index (χ1v) is 6.01. The van der Waals surface area contributed by atoms with Crippen molar-refractivity contribution in [2.45, 2.75) is 26.3 Å². The highest BCUT2D eigenvalue weighted by molar-refractivity contribution is 8.93. The average molecular weight is 324 g/mol. The van der Waals surface area contributed by atoms with E-state index in [2.05, 4.69) is 12.1 Å². The van der Waals surface area contributed by atoms with E-state index in [9.17, 15) is 4.79 Å². The third-order valence-electron chi connectivity index (χ3n) is 2.70. The maximum Gasteiger partial charge on any atom is 0.308 e. The molecule has 2 N–H and O–H groups in total. The lowest BCUT2D eigenvalue weighted by molar-refractivity contribution is -0.131. The molecule has 0 heterocycles. The second kappa shape index (κ2) is 6.68. The Morgan fingerprint density at radius 1 is 1.21 bits per heavy atom. The zero-order chi connectivity index (χ0) is 13.1. The van der Waals surface area contributed by atoms with Crippen molar-refractivity contribution in [2.75, 3.05) is 0 Å². The molecule has 0 saturated heterocycles. The van der Waals surface area contributed by atoms with Gasteiger partial charge in [-0.1, -0.05) is 24.3 Å². The smallest absolute Gasteiger partial charge is 0.308 e. The Labute approximate surface area is 123 Å². The van der Waals surface area contributed by atoms with Crippen LogP contribution in [0.2, 0.25) is 0 Å². The van der Waals surface area contributed by atoms with Crippen molar-refractivity contribution in [1.82, 2.24) is 0 Å². The minimum atomic E-state index is -0.303. The van der Waals surface area contributed by atoms with Crippen LogP contribution in [0.15, 0.2) is 36.4 Å². The maximum atomic E-state index is 10.9. The summed E-state index contributed by atoms with van der Waals surface area (Å²) in [6.45, 7) is 3.39. The quantitative estimate of drug-likeness (QED) is 0.697. The number of esters is 1. The normalized spacial score (nSPS) is 11.7. The molecule has 19 heavy (non-hydrogen) atoms. The van der Waals surface area contributed by atoms with Gasteiger partial charge in [-0.15, -0.1) is 17.0 Å². The predicted octanol–water partition coefficient (Wildman–Crippen LogP) is 3.23. The number of halogens is 1. The Morgan fingerprint density at radius 3 is 2.47 bits per heavy atom. The van der Waals surface area contributed by atoms with Crippen LogP contribution in [0.25, 0.3) is 10.8 Å². The van der Waals surface area contributed by atoms with Crippen molar-refractivity contribution in [1.29, 1.82) is 0 Å². The van der Waals surface area contributed by atoms with E-state index < -0.39 is 0 Å². The summed E-state index contributed by atoms with van der Waals surface area (Å²) in [7, 11) is 0. The molecule has 0 aliphatic carbocycles. The van der Waals surface area contributed by atoms with E-state index in [-0.39, 0.29) is 29.0 Å². The lowest BCUT2D eigenvalue weighted by atomic mass is 10.0. The van der Waals surface area contributed by atoms with E-state index in [1.54, 1.807) is 6.07 Å². The lowest BCUT2D eigenvalue weighted by Crippen LogP contribution is -2.17. The van der Waals surface area contributed by atoms with Crippen LogP contribution in [0.3, 0.4) is 0 Å². The molecule has 0 aliphatic heterocycles. The molecule has 0 bridgehead atoms. The van der Waals surface area contributed by atoms with E-state index in [1.807, 2.05) is 25.1 Å². The first-order chi connectivity index (χ1) is 8.54. The summed E-state index contributed by atoms with van der Waals surface area (Å²) >= 11 is 0. The topological polar surface area (TPSA) is 52.3 Å². The summed E-state index contributed by atoms with van der Waals surface area (Å²) in [6.07, 6.45) is 0.863. The van der Waals surface area contributed by atoms with Gasteiger partial charge in [0.2, 0.25) is 0 Å². The summed E-state index contributed by atoms with van der Waals surface area (Å²) in [5, 5.41) is 2.19. The molecule has 1 atom stereocenters. The maximum absolute atomic E-state index is 10.9.